The zero-order valence-electron chi connectivity index (χ0n) is 11.5. The Balaban J connectivity index is 2.32. The van der Waals surface area contributed by atoms with Crippen molar-refractivity contribution >= 4 is 10.8 Å². The number of rotatable bonds is 3. The smallest absolute Gasteiger partial charge is 0.126 e. The summed E-state index contributed by atoms with van der Waals surface area (Å²) in [5.41, 5.74) is 9.40. The van der Waals surface area contributed by atoms with Gasteiger partial charge in [0.1, 0.15) is 5.75 Å². The first kappa shape index (κ1) is 12.7. The lowest BCUT2D eigenvalue weighted by molar-refractivity contribution is 0.420. The van der Waals surface area contributed by atoms with E-state index in [1.807, 2.05) is 24.3 Å². The first-order valence-corrected chi connectivity index (χ1v) is 6.69. The highest BCUT2D eigenvalue weighted by atomic mass is 16.5. The molecule has 3 rings (SSSR count). The van der Waals surface area contributed by atoms with Crippen LogP contribution in [0.4, 0.5) is 0 Å². The monoisotopic (exact) mass is 263 g/mol. The summed E-state index contributed by atoms with van der Waals surface area (Å²) in [6.45, 7) is 0.538. The van der Waals surface area contributed by atoms with Gasteiger partial charge in [-0.15, -0.1) is 0 Å². The van der Waals surface area contributed by atoms with Crippen molar-refractivity contribution in [2.45, 2.75) is 6.54 Å². The van der Waals surface area contributed by atoms with Crippen LogP contribution in [0, 0.1) is 0 Å². The molecule has 0 spiro atoms. The Morgan fingerprint density at radius 3 is 2.25 bits per heavy atom. The fourth-order valence-corrected chi connectivity index (χ4v) is 2.65. The minimum Gasteiger partial charge on any atom is -0.496 e. The molecule has 3 aromatic rings. The molecular weight excluding hydrogens is 246 g/mol. The SMILES string of the molecule is COc1ccc(-c2ccccc2CN)c2ccccc12. The van der Waals surface area contributed by atoms with Gasteiger partial charge < -0.3 is 10.5 Å². The van der Waals surface area contributed by atoms with E-state index in [0.717, 1.165) is 16.7 Å². The Morgan fingerprint density at radius 2 is 1.50 bits per heavy atom. The van der Waals surface area contributed by atoms with Crippen LogP contribution in [0.5, 0.6) is 5.75 Å². The molecule has 0 heterocycles. The van der Waals surface area contributed by atoms with Crippen LogP contribution in [0.3, 0.4) is 0 Å². The summed E-state index contributed by atoms with van der Waals surface area (Å²) < 4.78 is 5.45. The predicted octanol–water partition coefficient (Wildman–Crippen LogP) is 3.97. The maximum Gasteiger partial charge on any atom is 0.126 e. The van der Waals surface area contributed by atoms with E-state index in [4.69, 9.17) is 10.5 Å². The number of hydrogen-bond acceptors (Lipinski definition) is 2. The minimum absolute atomic E-state index is 0.538. The summed E-state index contributed by atoms with van der Waals surface area (Å²) >= 11 is 0. The molecule has 2 heteroatoms. The molecule has 0 atom stereocenters. The summed E-state index contributed by atoms with van der Waals surface area (Å²) in [5.74, 6) is 0.898. The van der Waals surface area contributed by atoms with E-state index in [9.17, 15) is 0 Å². The van der Waals surface area contributed by atoms with Crippen LogP contribution in [0.15, 0.2) is 60.7 Å². The van der Waals surface area contributed by atoms with Gasteiger partial charge >= 0.3 is 0 Å². The summed E-state index contributed by atoms with van der Waals surface area (Å²) in [6.07, 6.45) is 0. The fraction of sp³-hybridized carbons (Fsp3) is 0.111. The van der Waals surface area contributed by atoms with E-state index >= 15 is 0 Å². The Morgan fingerprint density at radius 1 is 0.800 bits per heavy atom. The molecule has 0 amide bonds. The molecule has 100 valence electrons. The van der Waals surface area contributed by atoms with Crippen LogP contribution in [-0.4, -0.2) is 7.11 Å². The Kier molecular flexibility index (Phi) is 3.40. The Hall–Kier alpha value is -2.32. The van der Waals surface area contributed by atoms with Crippen LogP contribution in [0.25, 0.3) is 21.9 Å². The van der Waals surface area contributed by atoms with Gasteiger partial charge in [0.05, 0.1) is 7.11 Å². The van der Waals surface area contributed by atoms with Gasteiger partial charge in [-0.3, -0.25) is 0 Å². The molecule has 0 radical (unpaired) electrons. The highest BCUT2D eigenvalue weighted by Gasteiger charge is 2.10. The standard InChI is InChI=1S/C18H17NO/c1-20-18-11-10-16(15-8-4-5-9-17(15)18)14-7-3-2-6-13(14)12-19/h2-11H,12,19H2,1H3. The molecule has 0 aliphatic rings. The third-order valence-corrected chi connectivity index (χ3v) is 3.63. The van der Waals surface area contributed by atoms with Crippen LogP contribution >= 0.6 is 0 Å². The summed E-state index contributed by atoms with van der Waals surface area (Å²) in [6, 6.07) is 20.7. The molecule has 20 heavy (non-hydrogen) atoms. The van der Waals surface area contributed by atoms with Gasteiger partial charge in [0.25, 0.3) is 0 Å². The predicted molar refractivity (Wildman–Crippen MR) is 83.8 cm³/mol. The average Bonchev–Trinajstić information content (AvgIpc) is 2.53. The second-order valence-electron chi connectivity index (χ2n) is 4.72. The third kappa shape index (κ3) is 2.04. The van der Waals surface area contributed by atoms with Crippen LogP contribution in [0.2, 0.25) is 0 Å². The van der Waals surface area contributed by atoms with Gasteiger partial charge in [0.15, 0.2) is 0 Å². The van der Waals surface area contributed by atoms with Crippen LogP contribution < -0.4 is 10.5 Å². The maximum absolute atomic E-state index is 5.86. The normalized spacial score (nSPS) is 10.7. The largest absolute Gasteiger partial charge is 0.496 e. The molecule has 0 bridgehead atoms. The van der Waals surface area contributed by atoms with Gasteiger partial charge in [0.2, 0.25) is 0 Å². The van der Waals surface area contributed by atoms with Gasteiger partial charge in [-0.2, -0.15) is 0 Å². The molecule has 2 N–H and O–H groups in total. The highest BCUT2D eigenvalue weighted by molar-refractivity contribution is 6.00. The van der Waals surface area contributed by atoms with Crippen LogP contribution in [0.1, 0.15) is 5.56 Å². The van der Waals surface area contributed by atoms with Crippen molar-refractivity contribution in [1.29, 1.82) is 0 Å². The molecule has 3 aromatic carbocycles. The lowest BCUT2D eigenvalue weighted by atomic mass is 9.94. The van der Waals surface area contributed by atoms with Crippen molar-refractivity contribution in [3.8, 4) is 16.9 Å². The zero-order valence-corrected chi connectivity index (χ0v) is 11.5. The highest BCUT2D eigenvalue weighted by Crippen LogP contribution is 2.35. The molecule has 0 fully saturated rings. The number of nitrogens with two attached hydrogens (primary N) is 1. The van der Waals surface area contributed by atoms with Crippen molar-refractivity contribution in [2.24, 2.45) is 5.73 Å². The molecule has 2 nitrogen and oxygen atoms in total. The van der Waals surface area contributed by atoms with Gasteiger partial charge in [0, 0.05) is 11.9 Å². The van der Waals surface area contributed by atoms with Gasteiger partial charge in [-0.05, 0) is 28.1 Å². The maximum atomic E-state index is 5.86. The van der Waals surface area contributed by atoms with E-state index in [2.05, 4.69) is 36.4 Å². The summed E-state index contributed by atoms with van der Waals surface area (Å²) in [5, 5.41) is 2.31. The number of hydrogen-bond donors (Lipinski definition) is 1. The van der Waals surface area contributed by atoms with Crippen LogP contribution in [-0.2, 0) is 6.54 Å². The second-order valence-corrected chi connectivity index (χ2v) is 4.72. The number of benzene rings is 3. The van der Waals surface area contributed by atoms with Crippen molar-refractivity contribution < 1.29 is 4.74 Å². The fourth-order valence-electron chi connectivity index (χ4n) is 2.65. The first-order valence-electron chi connectivity index (χ1n) is 6.69. The lowest BCUT2D eigenvalue weighted by Crippen LogP contribution is -1.99. The molecule has 0 aliphatic heterocycles. The second kappa shape index (κ2) is 5.35. The Bertz CT molecular complexity index is 749. The quantitative estimate of drug-likeness (QED) is 0.776. The van der Waals surface area contributed by atoms with Crippen molar-refractivity contribution in [3.63, 3.8) is 0 Å². The number of ether oxygens (including phenoxy) is 1. The topological polar surface area (TPSA) is 35.2 Å². The van der Waals surface area contributed by atoms with E-state index in [-0.39, 0.29) is 0 Å². The number of methoxy groups -OCH3 is 1. The summed E-state index contributed by atoms with van der Waals surface area (Å²) in [4.78, 5) is 0. The first-order chi connectivity index (χ1) is 9.85. The molecule has 0 unspecified atom stereocenters. The zero-order chi connectivity index (χ0) is 13.9. The molecule has 0 aromatic heterocycles. The molecule has 0 aliphatic carbocycles. The molecule has 0 saturated carbocycles. The van der Waals surface area contributed by atoms with Gasteiger partial charge in [-0.1, -0.05) is 54.6 Å². The molecular formula is C18H17NO. The van der Waals surface area contributed by atoms with E-state index in [1.54, 1.807) is 7.11 Å². The van der Waals surface area contributed by atoms with E-state index in [1.165, 1.54) is 16.5 Å². The summed E-state index contributed by atoms with van der Waals surface area (Å²) in [7, 11) is 1.70. The third-order valence-electron chi connectivity index (χ3n) is 3.63. The van der Waals surface area contributed by atoms with Gasteiger partial charge in [-0.25, -0.2) is 0 Å². The van der Waals surface area contributed by atoms with Crippen molar-refractivity contribution in [3.05, 3.63) is 66.2 Å². The lowest BCUT2D eigenvalue weighted by Gasteiger charge is -2.13. The van der Waals surface area contributed by atoms with Crippen molar-refractivity contribution in [2.75, 3.05) is 7.11 Å². The molecule has 0 saturated heterocycles. The average molecular weight is 263 g/mol. The minimum atomic E-state index is 0.538. The van der Waals surface area contributed by atoms with E-state index in [0.29, 0.717) is 6.54 Å². The van der Waals surface area contributed by atoms with E-state index < -0.39 is 0 Å². The number of fused-ring (bicyclic) bond motifs is 1. The Labute approximate surface area is 118 Å². The van der Waals surface area contributed by atoms with Crippen molar-refractivity contribution in [1.82, 2.24) is 0 Å².